The Labute approximate surface area is 181 Å². The van der Waals surface area contributed by atoms with Crippen LogP contribution in [-0.4, -0.2) is 26.8 Å². The van der Waals surface area contributed by atoms with E-state index >= 15 is 0 Å². The van der Waals surface area contributed by atoms with Crippen molar-refractivity contribution in [3.63, 3.8) is 0 Å². The molecule has 1 atom stereocenters. The Kier molecular flexibility index (Phi) is 5.46. The van der Waals surface area contributed by atoms with Gasteiger partial charge < -0.3 is 10.1 Å². The van der Waals surface area contributed by atoms with Crippen molar-refractivity contribution >= 4 is 22.6 Å². The van der Waals surface area contributed by atoms with Crippen LogP contribution in [0.25, 0.3) is 16.7 Å². The number of ether oxygens (including phenoxy) is 1. The number of nitrogens with one attached hydrogen (secondary N) is 1. The highest BCUT2D eigenvalue weighted by Gasteiger charge is 2.20. The second-order valence-corrected chi connectivity index (χ2v) is 7.82. The third kappa shape index (κ3) is 4.01. The van der Waals surface area contributed by atoms with E-state index in [-0.39, 0.29) is 5.91 Å². The largest absolute Gasteiger partial charge is 0.464 e. The average molecular weight is 415 g/mol. The average Bonchev–Trinajstić information content (AvgIpc) is 3.08. The van der Waals surface area contributed by atoms with Crippen LogP contribution >= 0.6 is 0 Å². The molecule has 31 heavy (non-hydrogen) atoms. The molecule has 0 aliphatic rings. The van der Waals surface area contributed by atoms with Crippen molar-refractivity contribution in [3.05, 3.63) is 77.0 Å². The molecule has 0 aliphatic carbocycles. The van der Waals surface area contributed by atoms with Crippen molar-refractivity contribution in [1.29, 1.82) is 0 Å². The highest BCUT2D eigenvalue weighted by Crippen LogP contribution is 2.27. The van der Waals surface area contributed by atoms with E-state index in [1.165, 1.54) is 0 Å². The second-order valence-electron chi connectivity index (χ2n) is 7.82. The number of aryl methyl sites for hydroxylation is 4. The van der Waals surface area contributed by atoms with E-state index < -0.39 is 6.10 Å². The number of hydrogen-bond donors (Lipinski definition) is 1. The topological polar surface area (TPSA) is 69.0 Å². The van der Waals surface area contributed by atoms with Gasteiger partial charge in [0.05, 0.1) is 11.4 Å². The van der Waals surface area contributed by atoms with E-state index in [1.54, 1.807) is 6.92 Å². The van der Waals surface area contributed by atoms with Gasteiger partial charge in [0.2, 0.25) is 5.88 Å². The number of anilines is 1. The number of carbonyl (C=O) groups is 1. The van der Waals surface area contributed by atoms with Crippen molar-refractivity contribution < 1.29 is 9.53 Å². The van der Waals surface area contributed by atoms with Crippen molar-refractivity contribution in [1.82, 2.24) is 14.8 Å². The van der Waals surface area contributed by atoms with Crippen molar-refractivity contribution in [2.75, 3.05) is 5.32 Å². The number of para-hydroxylation sites is 2. The zero-order valence-corrected chi connectivity index (χ0v) is 18.4. The Balaban J connectivity index is 1.63. The summed E-state index contributed by atoms with van der Waals surface area (Å²) in [5.74, 6) is 0.177. The summed E-state index contributed by atoms with van der Waals surface area (Å²) in [6.07, 6.45) is -0.711. The molecule has 0 saturated heterocycles. The highest BCUT2D eigenvalue weighted by atomic mass is 16.5. The molecule has 0 aliphatic heterocycles. The van der Waals surface area contributed by atoms with E-state index in [2.05, 4.69) is 10.4 Å². The normalized spacial score (nSPS) is 12.0. The van der Waals surface area contributed by atoms with Gasteiger partial charge in [-0.1, -0.05) is 36.4 Å². The van der Waals surface area contributed by atoms with Crippen LogP contribution in [0, 0.1) is 27.7 Å². The summed E-state index contributed by atoms with van der Waals surface area (Å²) in [5, 5.41) is 8.64. The monoisotopic (exact) mass is 414 g/mol. The molecule has 6 nitrogen and oxygen atoms in total. The first-order valence-electron chi connectivity index (χ1n) is 10.3. The fourth-order valence-electron chi connectivity index (χ4n) is 3.75. The number of benzene rings is 2. The SMILES string of the molecule is Cc1cccc(C)c1NC(=O)[C@H](C)Oc1cc(C)c2c(C)nn(-c3ccccc3)c2n1. The van der Waals surface area contributed by atoms with E-state index in [1.807, 2.05) is 87.0 Å². The number of amides is 1. The molecule has 4 rings (SSSR count). The Hall–Kier alpha value is -3.67. The van der Waals surface area contributed by atoms with Gasteiger partial charge in [0.1, 0.15) is 0 Å². The van der Waals surface area contributed by atoms with Gasteiger partial charge >= 0.3 is 0 Å². The van der Waals surface area contributed by atoms with Crippen molar-refractivity contribution in [3.8, 4) is 11.6 Å². The Morgan fingerprint density at radius 1 is 0.968 bits per heavy atom. The van der Waals surface area contributed by atoms with Gasteiger partial charge in [0.15, 0.2) is 11.8 Å². The van der Waals surface area contributed by atoms with Gasteiger partial charge in [-0.25, -0.2) is 4.68 Å². The molecule has 158 valence electrons. The summed E-state index contributed by atoms with van der Waals surface area (Å²) in [6, 6.07) is 17.6. The Morgan fingerprint density at radius 2 is 1.65 bits per heavy atom. The number of fused-ring (bicyclic) bond motifs is 1. The van der Waals surface area contributed by atoms with Crippen LogP contribution in [0.2, 0.25) is 0 Å². The first kappa shape index (κ1) is 20.6. The van der Waals surface area contributed by atoms with Gasteiger partial charge in [-0.3, -0.25) is 4.79 Å². The first-order valence-corrected chi connectivity index (χ1v) is 10.3. The van der Waals surface area contributed by atoms with Crippen LogP contribution in [0.3, 0.4) is 0 Å². The predicted octanol–water partition coefficient (Wildman–Crippen LogP) is 5.06. The molecule has 0 spiro atoms. The van der Waals surface area contributed by atoms with Crippen molar-refractivity contribution in [2.24, 2.45) is 0 Å². The molecule has 0 unspecified atom stereocenters. The molecule has 1 amide bonds. The maximum Gasteiger partial charge on any atom is 0.265 e. The molecule has 1 N–H and O–H groups in total. The number of nitrogens with zero attached hydrogens (tertiary/aromatic N) is 3. The van der Waals surface area contributed by atoms with Crippen LogP contribution in [0.1, 0.15) is 29.3 Å². The molecular weight excluding hydrogens is 388 g/mol. The third-order valence-corrected chi connectivity index (χ3v) is 5.38. The fourth-order valence-corrected chi connectivity index (χ4v) is 3.75. The molecule has 0 fully saturated rings. The molecule has 2 heterocycles. The van der Waals surface area contributed by atoms with Crippen LogP contribution in [0.4, 0.5) is 5.69 Å². The molecule has 4 aromatic rings. The minimum Gasteiger partial charge on any atom is -0.464 e. The molecular formula is C25H26N4O2. The summed E-state index contributed by atoms with van der Waals surface area (Å²) in [5.41, 5.74) is 6.38. The van der Waals surface area contributed by atoms with E-state index in [0.717, 1.165) is 39.1 Å². The summed E-state index contributed by atoms with van der Waals surface area (Å²) >= 11 is 0. The van der Waals surface area contributed by atoms with E-state index in [9.17, 15) is 4.79 Å². The third-order valence-electron chi connectivity index (χ3n) is 5.38. The highest BCUT2D eigenvalue weighted by molar-refractivity contribution is 5.95. The molecule has 0 saturated carbocycles. The van der Waals surface area contributed by atoms with Gasteiger partial charge in [0, 0.05) is 17.1 Å². The summed E-state index contributed by atoms with van der Waals surface area (Å²) in [6.45, 7) is 9.64. The molecule has 2 aromatic carbocycles. The number of hydrogen-bond acceptors (Lipinski definition) is 4. The van der Waals surface area contributed by atoms with Gasteiger partial charge in [0.25, 0.3) is 5.91 Å². The van der Waals surface area contributed by atoms with Crippen molar-refractivity contribution in [2.45, 2.75) is 40.7 Å². The summed E-state index contributed by atoms with van der Waals surface area (Å²) in [7, 11) is 0. The minimum absolute atomic E-state index is 0.218. The van der Waals surface area contributed by atoms with E-state index in [4.69, 9.17) is 9.72 Å². The van der Waals surface area contributed by atoms with E-state index in [0.29, 0.717) is 11.5 Å². The fraction of sp³-hybridized carbons (Fsp3) is 0.240. The number of carbonyl (C=O) groups excluding carboxylic acids is 1. The lowest BCUT2D eigenvalue weighted by atomic mass is 10.1. The lowest BCUT2D eigenvalue weighted by Crippen LogP contribution is -2.31. The van der Waals surface area contributed by atoms with Crippen LogP contribution in [0.15, 0.2) is 54.6 Å². The quantitative estimate of drug-likeness (QED) is 0.496. The molecule has 0 bridgehead atoms. The van der Waals surface area contributed by atoms with Crippen LogP contribution in [-0.2, 0) is 4.79 Å². The maximum absolute atomic E-state index is 12.8. The van der Waals surface area contributed by atoms with Crippen LogP contribution < -0.4 is 10.1 Å². The lowest BCUT2D eigenvalue weighted by Gasteiger charge is -2.17. The van der Waals surface area contributed by atoms with Crippen LogP contribution in [0.5, 0.6) is 5.88 Å². The number of aromatic nitrogens is 3. The minimum atomic E-state index is -0.711. The zero-order valence-electron chi connectivity index (χ0n) is 18.4. The number of rotatable bonds is 5. The lowest BCUT2D eigenvalue weighted by molar-refractivity contribution is -0.122. The molecule has 2 aromatic heterocycles. The smallest absolute Gasteiger partial charge is 0.265 e. The Bertz CT molecular complexity index is 1240. The first-order chi connectivity index (χ1) is 14.8. The number of pyridine rings is 1. The summed E-state index contributed by atoms with van der Waals surface area (Å²) in [4.78, 5) is 17.5. The molecule has 0 radical (unpaired) electrons. The van der Waals surface area contributed by atoms with Gasteiger partial charge in [-0.05, 0) is 63.4 Å². The standard InChI is InChI=1S/C25H26N4O2/c1-15-10-9-11-16(2)23(15)27-25(30)19(5)31-21-14-17(3)22-18(4)28-29(24(22)26-21)20-12-7-6-8-13-20/h6-14,19H,1-5H3,(H,27,30)/t19-/m0/s1. The summed E-state index contributed by atoms with van der Waals surface area (Å²) < 4.78 is 7.76. The Morgan fingerprint density at radius 3 is 2.32 bits per heavy atom. The second kappa shape index (κ2) is 8.22. The van der Waals surface area contributed by atoms with Gasteiger partial charge in [-0.2, -0.15) is 10.1 Å². The zero-order chi connectivity index (χ0) is 22.1. The maximum atomic E-state index is 12.8. The predicted molar refractivity (Wildman–Crippen MR) is 123 cm³/mol. The van der Waals surface area contributed by atoms with Gasteiger partial charge in [-0.15, -0.1) is 0 Å². The molecule has 6 heteroatoms.